The Balaban J connectivity index is 1.87. The van der Waals surface area contributed by atoms with Crippen molar-refractivity contribution in [3.8, 4) is 28.5 Å². The van der Waals surface area contributed by atoms with Crippen LogP contribution in [-0.2, 0) is 0 Å². The summed E-state index contributed by atoms with van der Waals surface area (Å²) in [5.41, 5.74) is 2.80. The zero-order valence-electron chi connectivity index (χ0n) is 15.8. The van der Waals surface area contributed by atoms with Crippen molar-refractivity contribution in [3.63, 3.8) is 0 Å². The number of nitrogens with one attached hydrogen (secondary N) is 2. The highest BCUT2D eigenvalue weighted by atomic mass is 16.2. The fourth-order valence-corrected chi connectivity index (χ4v) is 3.18. The number of aromatic amines is 1. The molecular weight excluding hydrogens is 376 g/mol. The molecule has 6 heteroatoms. The Labute approximate surface area is 172 Å². The molecule has 0 aliphatic rings. The van der Waals surface area contributed by atoms with Crippen molar-refractivity contribution in [1.29, 1.82) is 5.26 Å². The second-order valence-electron chi connectivity index (χ2n) is 6.53. The largest absolute Gasteiger partial charge is 0.322 e. The molecule has 4 aromatic rings. The third-order valence-electron chi connectivity index (χ3n) is 4.59. The normalized spacial score (nSPS) is 10.2. The Hall–Kier alpha value is -4.50. The Morgan fingerprint density at radius 1 is 0.867 bits per heavy atom. The average molecular weight is 392 g/mol. The summed E-state index contributed by atoms with van der Waals surface area (Å²) in [6.45, 7) is 0. The van der Waals surface area contributed by atoms with Gasteiger partial charge < -0.3 is 5.32 Å². The fraction of sp³-hybridized carbons (Fsp3) is 0. The van der Waals surface area contributed by atoms with Gasteiger partial charge in [0.1, 0.15) is 5.56 Å². The lowest BCUT2D eigenvalue weighted by Gasteiger charge is -2.14. The molecule has 144 valence electrons. The summed E-state index contributed by atoms with van der Waals surface area (Å²) >= 11 is 0. The van der Waals surface area contributed by atoms with E-state index in [2.05, 4.69) is 15.5 Å². The van der Waals surface area contributed by atoms with Crippen LogP contribution in [0.1, 0.15) is 15.9 Å². The summed E-state index contributed by atoms with van der Waals surface area (Å²) in [6.07, 6.45) is 0. The molecule has 0 bridgehead atoms. The van der Waals surface area contributed by atoms with E-state index < -0.39 is 11.5 Å². The highest BCUT2D eigenvalue weighted by Crippen LogP contribution is 2.31. The highest BCUT2D eigenvalue weighted by Gasteiger charge is 2.23. The molecule has 0 saturated carbocycles. The van der Waals surface area contributed by atoms with Gasteiger partial charge in [-0.3, -0.25) is 9.59 Å². The lowest BCUT2D eigenvalue weighted by atomic mass is 9.95. The number of carbonyl (C=O) groups excluding carboxylic acids is 1. The quantitative estimate of drug-likeness (QED) is 0.543. The SMILES string of the molecule is N#Cc1ccc(NC(=O)c2c(-c3ccccc3)c(-c3ccccc3)n[nH]c2=O)cc1. The van der Waals surface area contributed by atoms with Gasteiger partial charge in [0.15, 0.2) is 0 Å². The van der Waals surface area contributed by atoms with E-state index in [1.165, 1.54) is 0 Å². The first kappa shape index (κ1) is 18.8. The lowest BCUT2D eigenvalue weighted by molar-refractivity contribution is 0.102. The van der Waals surface area contributed by atoms with Gasteiger partial charge in [0.05, 0.1) is 17.3 Å². The Morgan fingerprint density at radius 2 is 1.47 bits per heavy atom. The molecule has 1 aromatic heterocycles. The lowest BCUT2D eigenvalue weighted by Crippen LogP contribution is -2.26. The Kier molecular flexibility index (Phi) is 5.18. The van der Waals surface area contributed by atoms with Gasteiger partial charge in [-0.05, 0) is 29.8 Å². The van der Waals surface area contributed by atoms with Gasteiger partial charge >= 0.3 is 0 Å². The standard InChI is InChI=1S/C24H16N4O2/c25-15-16-11-13-19(14-12-16)26-23(29)21-20(17-7-3-1-4-8-17)22(27-28-24(21)30)18-9-5-2-6-10-18/h1-14H,(H,26,29)(H,28,30). The third kappa shape index (κ3) is 3.73. The van der Waals surface area contributed by atoms with E-state index in [1.807, 2.05) is 66.7 Å². The van der Waals surface area contributed by atoms with Crippen molar-refractivity contribution in [2.24, 2.45) is 0 Å². The Morgan fingerprint density at radius 3 is 2.07 bits per heavy atom. The van der Waals surface area contributed by atoms with Gasteiger partial charge in [-0.1, -0.05) is 60.7 Å². The van der Waals surface area contributed by atoms with Crippen molar-refractivity contribution in [2.45, 2.75) is 0 Å². The van der Waals surface area contributed by atoms with E-state index in [1.54, 1.807) is 24.3 Å². The number of rotatable bonds is 4. The van der Waals surface area contributed by atoms with Crippen LogP contribution >= 0.6 is 0 Å². The average Bonchev–Trinajstić information content (AvgIpc) is 2.80. The summed E-state index contributed by atoms with van der Waals surface area (Å²) in [4.78, 5) is 25.9. The second kappa shape index (κ2) is 8.25. The molecule has 0 saturated heterocycles. The van der Waals surface area contributed by atoms with E-state index >= 15 is 0 Å². The molecule has 0 spiro atoms. The molecule has 2 N–H and O–H groups in total. The van der Waals surface area contributed by atoms with Crippen LogP contribution in [0.5, 0.6) is 0 Å². The minimum absolute atomic E-state index is 0.0283. The molecule has 0 radical (unpaired) electrons. The summed E-state index contributed by atoms with van der Waals surface area (Å²) < 4.78 is 0. The molecule has 0 fully saturated rings. The second-order valence-corrected chi connectivity index (χ2v) is 6.53. The van der Waals surface area contributed by atoms with Crippen molar-refractivity contribution < 1.29 is 4.79 Å². The third-order valence-corrected chi connectivity index (χ3v) is 4.59. The molecule has 4 rings (SSSR count). The number of hydrogen-bond acceptors (Lipinski definition) is 4. The number of aromatic nitrogens is 2. The number of nitrogens with zero attached hydrogens (tertiary/aromatic N) is 2. The van der Waals surface area contributed by atoms with Crippen LogP contribution in [0, 0.1) is 11.3 Å². The Bertz CT molecular complexity index is 1290. The number of H-pyrrole nitrogens is 1. The molecule has 0 atom stereocenters. The number of amides is 1. The smallest absolute Gasteiger partial charge is 0.277 e. The highest BCUT2D eigenvalue weighted by molar-refractivity contribution is 6.10. The molecule has 1 amide bonds. The number of hydrogen-bond donors (Lipinski definition) is 2. The van der Waals surface area contributed by atoms with Crippen LogP contribution in [0.25, 0.3) is 22.4 Å². The van der Waals surface area contributed by atoms with Crippen LogP contribution in [0.3, 0.4) is 0 Å². The zero-order valence-corrected chi connectivity index (χ0v) is 15.8. The van der Waals surface area contributed by atoms with Crippen LogP contribution in [0.15, 0.2) is 89.7 Å². The number of benzene rings is 3. The van der Waals surface area contributed by atoms with Crippen LogP contribution in [-0.4, -0.2) is 16.1 Å². The first-order valence-corrected chi connectivity index (χ1v) is 9.22. The maximum absolute atomic E-state index is 13.1. The van der Waals surface area contributed by atoms with Crippen molar-refractivity contribution in [1.82, 2.24) is 10.2 Å². The molecule has 0 unspecified atom stereocenters. The monoisotopic (exact) mass is 392 g/mol. The summed E-state index contributed by atoms with van der Waals surface area (Å²) in [7, 11) is 0. The molecular formula is C24H16N4O2. The van der Waals surface area contributed by atoms with Crippen LogP contribution in [0.2, 0.25) is 0 Å². The van der Waals surface area contributed by atoms with Crippen LogP contribution in [0.4, 0.5) is 5.69 Å². The molecule has 1 heterocycles. The van der Waals surface area contributed by atoms with Crippen LogP contribution < -0.4 is 10.9 Å². The van der Waals surface area contributed by atoms with Gasteiger partial charge in [0, 0.05) is 16.8 Å². The first-order chi connectivity index (χ1) is 14.7. The van der Waals surface area contributed by atoms with Gasteiger partial charge in [-0.25, -0.2) is 5.10 Å². The van der Waals surface area contributed by atoms with E-state index in [9.17, 15) is 9.59 Å². The van der Waals surface area contributed by atoms with Crippen molar-refractivity contribution in [3.05, 3.63) is 106 Å². The minimum Gasteiger partial charge on any atom is -0.322 e. The molecule has 0 aliphatic carbocycles. The van der Waals surface area contributed by atoms with Crippen molar-refractivity contribution >= 4 is 11.6 Å². The first-order valence-electron chi connectivity index (χ1n) is 9.22. The molecule has 0 aliphatic heterocycles. The number of nitriles is 1. The summed E-state index contributed by atoms with van der Waals surface area (Å²) in [6, 6.07) is 27.0. The number of anilines is 1. The van der Waals surface area contributed by atoms with Gasteiger partial charge in [-0.2, -0.15) is 10.4 Å². The minimum atomic E-state index is -0.584. The van der Waals surface area contributed by atoms with Gasteiger partial charge in [0.2, 0.25) is 0 Å². The maximum atomic E-state index is 13.1. The summed E-state index contributed by atoms with van der Waals surface area (Å²) in [5.74, 6) is -0.556. The molecule has 6 nitrogen and oxygen atoms in total. The predicted molar refractivity (Wildman–Crippen MR) is 115 cm³/mol. The van der Waals surface area contributed by atoms with Crippen molar-refractivity contribution in [2.75, 3.05) is 5.32 Å². The molecule has 30 heavy (non-hydrogen) atoms. The van der Waals surface area contributed by atoms with E-state index in [0.29, 0.717) is 28.1 Å². The van der Waals surface area contributed by atoms with E-state index in [0.717, 1.165) is 5.56 Å². The van der Waals surface area contributed by atoms with Gasteiger partial charge in [0.25, 0.3) is 11.5 Å². The topological polar surface area (TPSA) is 98.6 Å². The predicted octanol–water partition coefficient (Wildman–Crippen LogP) is 4.23. The molecule has 3 aromatic carbocycles. The van der Waals surface area contributed by atoms with Gasteiger partial charge in [-0.15, -0.1) is 0 Å². The zero-order chi connectivity index (χ0) is 20.9. The number of carbonyl (C=O) groups is 1. The fourth-order valence-electron chi connectivity index (χ4n) is 3.18. The van der Waals surface area contributed by atoms with E-state index in [-0.39, 0.29) is 5.56 Å². The van der Waals surface area contributed by atoms with E-state index in [4.69, 9.17) is 5.26 Å². The summed E-state index contributed by atoms with van der Waals surface area (Å²) in [5, 5.41) is 18.4. The maximum Gasteiger partial charge on any atom is 0.277 e.